The van der Waals surface area contributed by atoms with E-state index in [1.165, 1.54) is 0 Å². The van der Waals surface area contributed by atoms with Crippen molar-refractivity contribution in [1.82, 2.24) is 4.31 Å². The zero-order chi connectivity index (χ0) is 15.9. The Labute approximate surface area is 130 Å². The van der Waals surface area contributed by atoms with Crippen LogP contribution in [0.15, 0.2) is 17.0 Å². The predicted octanol–water partition coefficient (Wildman–Crippen LogP) is 0.418. The molecule has 0 aromatic heterocycles. The summed E-state index contributed by atoms with van der Waals surface area (Å²) < 4.78 is 25.7. The zero-order valence-corrected chi connectivity index (χ0v) is 12.7. The molecule has 2 atom stereocenters. The quantitative estimate of drug-likeness (QED) is 0.723. The summed E-state index contributed by atoms with van der Waals surface area (Å²) in [5, 5.41) is 27.4. The van der Waals surface area contributed by atoms with Gasteiger partial charge in [0.05, 0.1) is 27.8 Å². The molecule has 2 unspecified atom stereocenters. The average molecular weight is 356 g/mol. The van der Waals surface area contributed by atoms with E-state index in [0.717, 1.165) is 16.4 Å². The number of hydrogen-bond acceptors (Lipinski definition) is 5. The molecule has 0 radical (unpaired) electrons. The van der Waals surface area contributed by atoms with E-state index in [-0.39, 0.29) is 23.1 Å². The molecule has 1 aliphatic heterocycles. The number of sulfonamides is 1. The molecule has 1 aromatic rings. The third-order valence-corrected chi connectivity index (χ3v) is 5.70. The lowest BCUT2D eigenvalue weighted by Gasteiger charge is -2.17. The summed E-state index contributed by atoms with van der Waals surface area (Å²) in [7, 11) is -4.15. The van der Waals surface area contributed by atoms with Crippen LogP contribution in [0, 0.1) is 0 Å². The molecule has 7 nitrogen and oxygen atoms in total. The van der Waals surface area contributed by atoms with E-state index in [4.69, 9.17) is 28.3 Å². The minimum atomic E-state index is -4.15. The van der Waals surface area contributed by atoms with Crippen molar-refractivity contribution in [1.29, 1.82) is 0 Å². The summed E-state index contributed by atoms with van der Waals surface area (Å²) in [6.45, 7) is -0.601. The van der Waals surface area contributed by atoms with Crippen molar-refractivity contribution in [2.24, 2.45) is 0 Å². The van der Waals surface area contributed by atoms with Crippen molar-refractivity contribution in [3.63, 3.8) is 0 Å². The minimum Gasteiger partial charge on any atom is -0.478 e. The second-order valence-electron chi connectivity index (χ2n) is 4.52. The molecule has 0 aliphatic carbocycles. The summed E-state index contributed by atoms with van der Waals surface area (Å²) in [5.41, 5.74) is -0.403. The van der Waals surface area contributed by atoms with Crippen LogP contribution in [0.1, 0.15) is 10.4 Å². The van der Waals surface area contributed by atoms with Crippen molar-refractivity contribution in [2.75, 3.05) is 13.1 Å². The highest BCUT2D eigenvalue weighted by Crippen LogP contribution is 2.32. The molecular weight excluding hydrogens is 345 g/mol. The van der Waals surface area contributed by atoms with Crippen LogP contribution in [0.2, 0.25) is 10.0 Å². The number of β-amino-alcohol motifs (C(OH)–C–C–N with tert-alkyl or cyclic N) is 2. The Bertz CT molecular complexity index is 682. The summed E-state index contributed by atoms with van der Waals surface area (Å²) in [5.74, 6) is -1.39. The van der Waals surface area contributed by atoms with Crippen LogP contribution in [0.4, 0.5) is 0 Å². The number of carboxylic acids is 1. The van der Waals surface area contributed by atoms with Gasteiger partial charge in [0.1, 0.15) is 4.90 Å². The topological polar surface area (TPSA) is 115 Å². The summed E-state index contributed by atoms with van der Waals surface area (Å²) in [4.78, 5) is 10.6. The van der Waals surface area contributed by atoms with Crippen LogP contribution in [0.5, 0.6) is 0 Å². The highest BCUT2D eigenvalue weighted by molar-refractivity contribution is 7.89. The number of aromatic carboxylic acids is 1. The van der Waals surface area contributed by atoms with E-state index < -0.39 is 38.7 Å². The van der Waals surface area contributed by atoms with Gasteiger partial charge < -0.3 is 15.3 Å². The van der Waals surface area contributed by atoms with E-state index >= 15 is 0 Å². The van der Waals surface area contributed by atoms with E-state index in [1.807, 2.05) is 0 Å². The maximum Gasteiger partial charge on any atom is 0.337 e. The molecular formula is C11H11Cl2NO6S. The first-order chi connectivity index (χ1) is 9.64. The third-order valence-electron chi connectivity index (χ3n) is 3.10. The lowest BCUT2D eigenvalue weighted by Crippen LogP contribution is -2.30. The maximum absolute atomic E-state index is 12.4. The number of nitrogens with zero attached hydrogens (tertiary/aromatic N) is 1. The summed E-state index contributed by atoms with van der Waals surface area (Å²) in [6, 6.07) is 1.89. The van der Waals surface area contributed by atoms with Crippen LogP contribution < -0.4 is 0 Å². The van der Waals surface area contributed by atoms with Gasteiger partial charge in [0.2, 0.25) is 10.0 Å². The van der Waals surface area contributed by atoms with Gasteiger partial charge in [-0.15, -0.1) is 0 Å². The Kier molecular flexibility index (Phi) is 4.48. The molecule has 1 aliphatic rings. The Hall–Kier alpha value is -0.900. The monoisotopic (exact) mass is 355 g/mol. The number of halogens is 2. The van der Waals surface area contributed by atoms with Crippen LogP contribution >= 0.6 is 23.2 Å². The third kappa shape index (κ3) is 3.01. The van der Waals surface area contributed by atoms with Gasteiger partial charge in [0.25, 0.3) is 0 Å². The molecule has 1 heterocycles. The van der Waals surface area contributed by atoms with Gasteiger partial charge in [-0.05, 0) is 12.1 Å². The van der Waals surface area contributed by atoms with E-state index in [1.54, 1.807) is 0 Å². The second kappa shape index (κ2) is 5.71. The smallest absolute Gasteiger partial charge is 0.337 e. The van der Waals surface area contributed by atoms with Crippen molar-refractivity contribution in [3.05, 3.63) is 27.7 Å². The molecule has 0 bridgehead atoms. The van der Waals surface area contributed by atoms with Gasteiger partial charge in [0, 0.05) is 13.1 Å². The molecule has 3 N–H and O–H groups in total. The van der Waals surface area contributed by atoms with Gasteiger partial charge >= 0.3 is 5.97 Å². The van der Waals surface area contributed by atoms with E-state index in [9.17, 15) is 23.4 Å². The highest BCUT2D eigenvalue weighted by Gasteiger charge is 2.38. The van der Waals surface area contributed by atoms with E-state index in [0.29, 0.717) is 0 Å². The minimum absolute atomic E-state index is 0.187. The highest BCUT2D eigenvalue weighted by atomic mass is 35.5. The fourth-order valence-electron chi connectivity index (χ4n) is 1.96. The first-order valence-electron chi connectivity index (χ1n) is 5.73. The number of benzene rings is 1. The first kappa shape index (κ1) is 16.5. The van der Waals surface area contributed by atoms with Gasteiger partial charge in [-0.2, -0.15) is 4.31 Å². The Morgan fingerprint density at radius 3 is 2.14 bits per heavy atom. The number of aliphatic hydroxyl groups excluding tert-OH is 2. The lowest BCUT2D eigenvalue weighted by molar-refractivity contribution is 0.0572. The molecule has 21 heavy (non-hydrogen) atoms. The van der Waals surface area contributed by atoms with Crippen LogP contribution in [0.25, 0.3) is 0 Å². The second-order valence-corrected chi connectivity index (χ2v) is 7.25. The fourth-order valence-corrected chi connectivity index (χ4v) is 4.27. The van der Waals surface area contributed by atoms with Crippen molar-refractivity contribution in [3.8, 4) is 0 Å². The van der Waals surface area contributed by atoms with Gasteiger partial charge in [-0.25, -0.2) is 13.2 Å². The molecule has 2 rings (SSSR count). The molecule has 1 aromatic carbocycles. The number of carboxylic acid groups (broad SMARTS) is 1. The SMILES string of the molecule is O=C(O)c1cc(S(=O)(=O)N2CC(O)C(O)C2)c(Cl)cc1Cl. The van der Waals surface area contributed by atoms with Gasteiger partial charge in [-0.3, -0.25) is 0 Å². The van der Waals surface area contributed by atoms with Crippen molar-refractivity contribution in [2.45, 2.75) is 17.1 Å². The largest absolute Gasteiger partial charge is 0.478 e. The zero-order valence-electron chi connectivity index (χ0n) is 10.4. The van der Waals surface area contributed by atoms with Crippen molar-refractivity contribution < 1.29 is 28.5 Å². The van der Waals surface area contributed by atoms with Gasteiger partial charge in [0.15, 0.2) is 0 Å². The Morgan fingerprint density at radius 2 is 1.67 bits per heavy atom. The first-order valence-corrected chi connectivity index (χ1v) is 7.93. The lowest BCUT2D eigenvalue weighted by atomic mass is 10.2. The Balaban J connectivity index is 2.50. The molecule has 0 spiro atoms. The average Bonchev–Trinajstić information content (AvgIpc) is 2.69. The fraction of sp³-hybridized carbons (Fsp3) is 0.364. The molecule has 1 fully saturated rings. The number of aliphatic hydroxyl groups is 2. The van der Waals surface area contributed by atoms with Crippen LogP contribution in [0.3, 0.4) is 0 Å². The van der Waals surface area contributed by atoms with E-state index in [2.05, 4.69) is 0 Å². The van der Waals surface area contributed by atoms with Crippen LogP contribution in [-0.4, -0.2) is 59.3 Å². The molecule has 0 amide bonds. The number of rotatable bonds is 3. The van der Waals surface area contributed by atoms with Crippen LogP contribution in [-0.2, 0) is 10.0 Å². The molecule has 10 heteroatoms. The number of hydrogen-bond donors (Lipinski definition) is 3. The normalized spacial score (nSPS) is 23.4. The molecule has 0 saturated carbocycles. The summed E-state index contributed by atoms with van der Waals surface area (Å²) >= 11 is 11.5. The Morgan fingerprint density at radius 1 is 1.14 bits per heavy atom. The number of carbonyl (C=O) groups is 1. The standard InChI is InChI=1S/C11H11Cl2NO6S/c12-6-2-7(13)10(1-5(6)11(17)18)21(19,20)14-3-8(15)9(16)4-14/h1-2,8-9,15-16H,3-4H2,(H,17,18). The molecule has 1 saturated heterocycles. The molecule has 116 valence electrons. The van der Waals surface area contributed by atoms with Crippen molar-refractivity contribution >= 4 is 39.2 Å². The summed E-state index contributed by atoms with van der Waals surface area (Å²) in [6.07, 6.45) is -2.41. The van der Waals surface area contributed by atoms with Gasteiger partial charge in [-0.1, -0.05) is 23.2 Å². The maximum atomic E-state index is 12.4. The predicted molar refractivity (Wildman–Crippen MR) is 74.2 cm³/mol.